The number of hydrogen-bond acceptors (Lipinski definition) is 2. The number of benzene rings is 1. The third kappa shape index (κ3) is 2.79. The third-order valence-electron chi connectivity index (χ3n) is 2.34. The Balaban J connectivity index is 2.36. The number of halogens is 5. The van der Waals surface area contributed by atoms with Gasteiger partial charge in [-0.3, -0.25) is 4.79 Å². The van der Waals surface area contributed by atoms with Crippen LogP contribution in [0.25, 0.3) is 0 Å². The first-order chi connectivity index (χ1) is 9.40. The number of nitrogens with zero attached hydrogens (tertiary/aromatic N) is 1. The molecule has 1 aromatic carbocycles. The summed E-state index contributed by atoms with van der Waals surface area (Å²) in [6.07, 6.45) is 0.892. The maximum Gasteiger partial charge on any atom is 0.258 e. The molecule has 2 rings (SSSR count). The van der Waals surface area contributed by atoms with Gasteiger partial charge in [0.2, 0.25) is 5.95 Å². The zero-order valence-corrected chi connectivity index (χ0v) is 11.1. The Morgan fingerprint density at radius 1 is 1.20 bits per heavy atom. The number of nitrogens with one attached hydrogen (secondary N) is 1. The van der Waals surface area contributed by atoms with Crippen LogP contribution in [0, 0.1) is 23.4 Å². The Morgan fingerprint density at radius 3 is 2.55 bits per heavy atom. The summed E-state index contributed by atoms with van der Waals surface area (Å²) in [6, 6.07) is 2.40. The standard InChI is InChI=1S/C12H5BrF4N2O/c13-7-3-5(14)4-8(15)10(7)19-12(20)6-1-2-18-11(17)9(6)16/h1-4H,(H,19,20). The van der Waals surface area contributed by atoms with Crippen molar-refractivity contribution in [2.24, 2.45) is 0 Å². The van der Waals surface area contributed by atoms with Crippen molar-refractivity contribution in [2.75, 3.05) is 5.32 Å². The number of aromatic nitrogens is 1. The highest BCUT2D eigenvalue weighted by molar-refractivity contribution is 9.10. The number of pyridine rings is 1. The molecule has 20 heavy (non-hydrogen) atoms. The smallest absolute Gasteiger partial charge is 0.258 e. The van der Waals surface area contributed by atoms with E-state index in [1.807, 2.05) is 5.32 Å². The average molecular weight is 349 g/mol. The summed E-state index contributed by atoms with van der Waals surface area (Å²) in [4.78, 5) is 14.8. The van der Waals surface area contributed by atoms with Gasteiger partial charge in [0, 0.05) is 16.7 Å². The molecule has 0 aliphatic heterocycles. The van der Waals surface area contributed by atoms with E-state index >= 15 is 0 Å². The van der Waals surface area contributed by atoms with Gasteiger partial charge in [-0.1, -0.05) is 0 Å². The van der Waals surface area contributed by atoms with Crippen LogP contribution in [0.4, 0.5) is 23.2 Å². The van der Waals surface area contributed by atoms with Gasteiger partial charge in [-0.15, -0.1) is 0 Å². The normalized spacial score (nSPS) is 10.4. The van der Waals surface area contributed by atoms with E-state index in [0.29, 0.717) is 6.07 Å². The molecule has 0 aliphatic rings. The van der Waals surface area contributed by atoms with Gasteiger partial charge < -0.3 is 5.32 Å². The fraction of sp³-hybridized carbons (Fsp3) is 0. The van der Waals surface area contributed by atoms with Gasteiger partial charge in [0.25, 0.3) is 5.91 Å². The van der Waals surface area contributed by atoms with Crippen molar-refractivity contribution in [3.63, 3.8) is 0 Å². The summed E-state index contributed by atoms with van der Waals surface area (Å²) in [6.45, 7) is 0. The first-order valence-corrected chi connectivity index (χ1v) is 5.95. The summed E-state index contributed by atoms with van der Waals surface area (Å²) < 4.78 is 52.6. The highest BCUT2D eigenvalue weighted by Crippen LogP contribution is 2.27. The second-order valence-electron chi connectivity index (χ2n) is 3.66. The molecule has 1 heterocycles. The van der Waals surface area contributed by atoms with Gasteiger partial charge in [-0.2, -0.15) is 4.39 Å². The molecule has 1 aromatic heterocycles. The second-order valence-corrected chi connectivity index (χ2v) is 4.52. The molecule has 0 saturated carbocycles. The molecule has 0 radical (unpaired) electrons. The quantitative estimate of drug-likeness (QED) is 0.664. The van der Waals surface area contributed by atoms with Crippen LogP contribution in [-0.2, 0) is 0 Å². The van der Waals surface area contributed by atoms with Crippen LogP contribution in [0.15, 0.2) is 28.9 Å². The van der Waals surface area contributed by atoms with Crippen molar-refractivity contribution >= 4 is 27.5 Å². The molecule has 0 bridgehead atoms. The van der Waals surface area contributed by atoms with Crippen molar-refractivity contribution in [1.82, 2.24) is 4.98 Å². The van der Waals surface area contributed by atoms with E-state index < -0.39 is 34.9 Å². The summed E-state index contributed by atoms with van der Waals surface area (Å²) in [7, 11) is 0. The van der Waals surface area contributed by atoms with Gasteiger partial charge in [-0.05, 0) is 28.1 Å². The Bertz CT molecular complexity index is 670. The summed E-state index contributed by atoms with van der Waals surface area (Å²) in [5.41, 5.74) is -1.03. The molecule has 0 spiro atoms. The van der Waals surface area contributed by atoms with Crippen molar-refractivity contribution in [2.45, 2.75) is 0 Å². The maximum absolute atomic E-state index is 13.5. The molecular weight excluding hydrogens is 344 g/mol. The van der Waals surface area contributed by atoms with Crippen molar-refractivity contribution < 1.29 is 22.4 Å². The molecule has 3 nitrogen and oxygen atoms in total. The molecule has 104 valence electrons. The summed E-state index contributed by atoms with van der Waals surface area (Å²) in [5.74, 6) is -5.90. The van der Waals surface area contributed by atoms with E-state index in [0.717, 1.165) is 18.3 Å². The van der Waals surface area contributed by atoms with Crippen molar-refractivity contribution in [3.05, 3.63) is 57.8 Å². The third-order valence-corrected chi connectivity index (χ3v) is 2.96. The van der Waals surface area contributed by atoms with E-state index in [4.69, 9.17) is 0 Å². The largest absolute Gasteiger partial charge is 0.318 e. The van der Waals surface area contributed by atoms with Crippen LogP contribution in [0.1, 0.15) is 10.4 Å². The fourth-order valence-corrected chi connectivity index (χ4v) is 1.94. The number of anilines is 1. The van der Waals surface area contributed by atoms with Gasteiger partial charge in [-0.25, -0.2) is 18.2 Å². The Kier molecular flexibility index (Phi) is 4.03. The minimum Gasteiger partial charge on any atom is -0.318 e. The van der Waals surface area contributed by atoms with E-state index in [9.17, 15) is 22.4 Å². The number of hydrogen-bond donors (Lipinski definition) is 1. The fourth-order valence-electron chi connectivity index (χ4n) is 1.44. The van der Waals surface area contributed by atoms with Crippen LogP contribution in [0.5, 0.6) is 0 Å². The van der Waals surface area contributed by atoms with Gasteiger partial charge in [0.15, 0.2) is 11.6 Å². The molecule has 0 aliphatic carbocycles. The molecule has 1 amide bonds. The first-order valence-electron chi connectivity index (χ1n) is 5.16. The minimum atomic E-state index is -1.45. The van der Waals surface area contributed by atoms with E-state index in [1.165, 1.54) is 0 Å². The van der Waals surface area contributed by atoms with Gasteiger partial charge >= 0.3 is 0 Å². The van der Waals surface area contributed by atoms with Crippen LogP contribution in [0.3, 0.4) is 0 Å². The number of carbonyl (C=O) groups is 1. The topological polar surface area (TPSA) is 42.0 Å². The Hall–Kier alpha value is -1.96. The molecular formula is C12H5BrF4N2O. The van der Waals surface area contributed by atoms with Crippen LogP contribution < -0.4 is 5.32 Å². The Morgan fingerprint density at radius 2 is 1.90 bits per heavy atom. The average Bonchev–Trinajstić information content (AvgIpc) is 2.36. The summed E-state index contributed by atoms with van der Waals surface area (Å²) in [5, 5.41) is 2.03. The predicted octanol–water partition coefficient (Wildman–Crippen LogP) is 3.65. The zero-order valence-electron chi connectivity index (χ0n) is 9.55. The number of amides is 1. The van der Waals surface area contributed by atoms with Crippen LogP contribution in [-0.4, -0.2) is 10.9 Å². The number of carbonyl (C=O) groups excluding carboxylic acids is 1. The van der Waals surface area contributed by atoms with Crippen molar-refractivity contribution in [1.29, 1.82) is 0 Å². The lowest BCUT2D eigenvalue weighted by Gasteiger charge is -2.09. The predicted molar refractivity (Wildman–Crippen MR) is 66.2 cm³/mol. The monoisotopic (exact) mass is 348 g/mol. The number of rotatable bonds is 2. The molecule has 1 N–H and O–H groups in total. The van der Waals surface area contributed by atoms with E-state index in [1.54, 1.807) is 0 Å². The van der Waals surface area contributed by atoms with Crippen LogP contribution >= 0.6 is 15.9 Å². The van der Waals surface area contributed by atoms with E-state index in [2.05, 4.69) is 20.9 Å². The van der Waals surface area contributed by atoms with Crippen molar-refractivity contribution in [3.8, 4) is 0 Å². The maximum atomic E-state index is 13.5. The molecule has 0 unspecified atom stereocenters. The molecule has 8 heteroatoms. The van der Waals surface area contributed by atoms with Crippen LogP contribution in [0.2, 0.25) is 0 Å². The second kappa shape index (κ2) is 5.58. The first kappa shape index (κ1) is 14.4. The lowest BCUT2D eigenvalue weighted by atomic mass is 10.2. The summed E-state index contributed by atoms with van der Waals surface area (Å²) >= 11 is 2.86. The SMILES string of the molecule is O=C(Nc1c(F)cc(F)cc1Br)c1ccnc(F)c1F. The molecule has 0 fully saturated rings. The van der Waals surface area contributed by atoms with Gasteiger partial charge in [0.05, 0.1) is 11.3 Å². The molecule has 0 saturated heterocycles. The molecule has 2 aromatic rings. The molecule has 0 atom stereocenters. The zero-order chi connectivity index (χ0) is 14.9. The highest BCUT2D eigenvalue weighted by Gasteiger charge is 2.19. The lowest BCUT2D eigenvalue weighted by Crippen LogP contribution is -2.16. The lowest BCUT2D eigenvalue weighted by molar-refractivity contribution is 0.102. The Labute approximate surface area is 118 Å². The highest BCUT2D eigenvalue weighted by atomic mass is 79.9. The van der Waals surface area contributed by atoms with E-state index in [-0.39, 0.29) is 10.2 Å². The minimum absolute atomic E-state index is 0.0710. The van der Waals surface area contributed by atoms with Gasteiger partial charge in [0.1, 0.15) is 5.82 Å².